The number of para-hydroxylation sites is 1. The normalized spacial score (nSPS) is 24.9. The maximum Gasteiger partial charge on any atom is 0.297 e. The van der Waals surface area contributed by atoms with Gasteiger partial charge in [-0.3, -0.25) is 4.79 Å². The fourth-order valence-electron chi connectivity index (χ4n) is 6.63. The molecule has 2 aliphatic heterocycles. The molecule has 2 aromatic rings. The van der Waals surface area contributed by atoms with Crippen LogP contribution in [0.1, 0.15) is 108 Å². The van der Waals surface area contributed by atoms with Crippen molar-refractivity contribution in [2.75, 3.05) is 16.8 Å². The minimum atomic E-state index is -2.38. The molecular weight excluding hydrogens is 495 g/mol. The van der Waals surface area contributed by atoms with E-state index in [0.717, 1.165) is 49.9 Å². The molecule has 2 aliphatic rings. The van der Waals surface area contributed by atoms with Crippen molar-refractivity contribution >= 4 is 17.2 Å². The predicted molar refractivity (Wildman–Crippen MR) is 155 cm³/mol. The Balaban J connectivity index is 0.000000255. The van der Waals surface area contributed by atoms with Gasteiger partial charge >= 0.3 is 0 Å². The van der Waals surface area contributed by atoms with Crippen LogP contribution in [0.15, 0.2) is 42.5 Å². The van der Waals surface area contributed by atoms with Gasteiger partial charge in [-0.15, -0.1) is 0 Å². The van der Waals surface area contributed by atoms with Crippen molar-refractivity contribution in [3.8, 4) is 0 Å². The molecule has 0 fully saturated rings. The lowest BCUT2D eigenvalue weighted by molar-refractivity contribution is -0.293. The Morgan fingerprint density at radius 2 is 1.64 bits per heavy atom. The molecule has 0 aliphatic carbocycles. The molecule has 39 heavy (non-hydrogen) atoms. The molecule has 0 amide bonds. The lowest BCUT2D eigenvalue weighted by atomic mass is 9.77. The number of unbranched alkanes of at least 4 members (excludes halogenated alkanes) is 2. The van der Waals surface area contributed by atoms with Crippen LogP contribution >= 0.6 is 0 Å². The zero-order valence-electron chi connectivity index (χ0n) is 24.7. The number of carbonyl (C=O) groups excluding carboxylic acids is 1. The number of Topliss-reactive ketones (excluding diaryl/α,β-unsaturated/α-hetero) is 1. The molecule has 3 atom stereocenters. The maximum absolute atomic E-state index is 12.5. The predicted octanol–water partition coefficient (Wildman–Crippen LogP) is 6.58. The number of hydrogen-bond donors (Lipinski definition) is 3. The highest BCUT2D eigenvalue weighted by Crippen LogP contribution is 2.62. The molecule has 2 heterocycles. The third-order valence-corrected chi connectivity index (χ3v) is 8.71. The van der Waals surface area contributed by atoms with Crippen LogP contribution in [0.3, 0.4) is 0 Å². The highest BCUT2D eigenvalue weighted by molar-refractivity contribution is 5.95. The summed E-state index contributed by atoms with van der Waals surface area (Å²) in [5.74, 6) is -2.72. The van der Waals surface area contributed by atoms with E-state index in [9.17, 15) is 24.5 Å². The van der Waals surface area contributed by atoms with Crippen LogP contribution in [-0.2, 0) is 0 Å². The van der Waals surface area contributed by atoms with E-state index in [1.807, 2.05) is 30.9 Å². The summed E-state index contributed by atoms with van der Waals surface area (Å²) in [6.07, 6.45) is 6.44. The zero-order chi connectivity index (χ0) is 29.2. The van der Waals surface area contributed by atoms with Gasteiger partial charge in [-0.1, -0.05) is 66.0 Å². The van der Waals surface area contributed by atoms with Gasteiger partial charge in [0.2, 0.25) is 5.72 Å². The van der Waals surface area contributed by atoms with Crippen molar-refractivity contribution < 1.29 is 24.5 Å². The lowest BCUT2D eigenvalue weighted by Crippen LogP contribution is -2.78. The van der Waals surface area contributed by atoms with Gasteiger partial charge in [-0.05, 0) is 62.1 Å². The van der Waals surface area contributed by atoms with E-state index in [0.29, 0.717) is 12.0 Å². The quantitative estimate of drug-likeness (QED) is 0.189. The second-order valence-electron chi connectivity index (χ2n) is 11.6. The summed E-state index contributed by atoms with van der Waals surface area (Å²) in [7, 11) is 1.64. The van der Waals surface area contributed by atoms with Crippen molar-refractivity contribution in [3.05, 3.63) is 59.4 Å². The van der Waals surface area contributed by atoms with Crippen LogP contribution in [0.2, 0.25) is 0 Å². The minimum Gasteiger partial charge on any atom is -0.364 e. The molecule has 0 saturated carbocycles. The van der Waals surface area contributed by atoms with Gasteiger partial charge in [-0.25, -0.2) is 4.39 Å². The van der Waals surface area contributed by atoms with Crippen LogP contribution in [0.5, 0.6) is 0 Å². The highest BCUT2D eigenvalue weighted by atomic mass is 19.1. The first-order chi connectivity index (χ1) is 18.3. The number of anilines is 2. The molecule has 3 N–H and O–H groups in total. The largest absolute Gasteiger partial charge is 0.364 e. The van der Waals surface area contributed by atoms with Crippen molar-refractivity contribution in [2.24, 2.45) is 5.92 Å². The summed E-state index contributed by atoms with van der Waals surface area (Å²) in [6.45, 7) is 12.2. The number of likely N-dealkylation sites (N-methyl/N-ethyl adjacent to an activating group) is 1. The standard InChI is InChI=1S/C20H32N2O3.C12H15FO/c1-7-12-18(5)15(8-2)14-10-9-11-16-17(14)22(18)19(23,13(3)4)20(24,25)21(16)6;1-2-3-4-5-12(14)10-6-8-11(13)9-7-10/h9-11,13,15,23-25H,7-8,12H2,1-6H3;6-9H,2-5H2,1H3/t15-,18?,19?;/m0./s1. The lowest BCUT2D eigenvalue weighted by Gasteiger charge is -2.60. The summed E-state index contributed by atoms with van der Waals surface area (Å²) < 4.78 is 12.5. The molecular formula is C32H47FN2O4. The molecule has 0 saturated heterocycles. The number of halogens is 1. The van der Waals surface area contributed by atoms with E-state index in [4.69, 9.17) is 0 Å². The third-order valence-electron chi connectivity index (χ3n) is 8.71. The topological polar surface area (TPSA) is 84.2 Å². The second-order valence-corrected chi connectivity index (χ2v) is 11.6. The summed E-state index contributed by atoms with van der Waals surface area (Å²) in [4.78, 5) is 14.9. The molecule has 0 bridgehead atoms. The molecule has 2 unspecified atom stereocenters. The molecule has 7 heteroatoms. The van der Waals surface area contributed by atoms with E-state index >= 15 is 0 Å². The Kier molecular flexibility index (Phi) is 9.51. The van der Waals surface area contributed by atoms with E-state index in [2.05, 4.69) is 33.8 Å². The van der Waals surface area contributed by atoms with Crippen molar-refractivity contribution in [3.63, 3.8) is 0 Å². The minimum absolute atomic E-state index is 0.110. The first-order valence-corrected chi connectivity index (χ1v) is 14.5. The molecule has 4 rings (SSSR count). The zero-order valence-corrected chi connectivity index (χ0v) is 24.7. The molecule has 0 spiro atoms. The molecule has 0 radical (unpaired) electrons. The molecule has 0 aromatic heterocycles. The van der Waals surface area contributed by atoms with Crippen molar-refractivity contribution in [2.45, 2.75) is 110 Å². The van der Waals surface area contributed by atoms with E-state index in [1.165, 1.54) is 22.6 Å². The Morgan fingerprint density at radius 1 is 1.00 bits per heavy atom. The van der Waals surface area contributed by atoms with E-state index in [-0.39, 0.29) is 29.0 Å². The van der Waals surface area contributed by atoms with E-state index < -0.39 is 11.6 Å². The third kappa shape index (κ3) is 5.21. The Bertz CT molecular complexity index is 1140. The number of benzene rings is 2. The van der Waals surface area contributed by atoms with Gasteiger partial charge < -0.3 is 25.1 Å². The van der Waals surface area contributed by atoms with Crippen LogP contribution in [0, 0.1) is 11.7 Å². The summed E-state index contributed by atoms with van der Waals surface area (Å²) in [5.41, 5.74) is 1.33. The van der Waals surface area contributed by atoms with Crippen molar-refractivity contribution in [1.82, 2.24) is 0 Å². The van der Waals surface area contributed by atoms with Gasteiger partial charge in [-0.2, -0.15) is 0 Å². The summed E-state index contributed by atoms with van der Waals surface area (Å²) >= 11 is 0. The first-order valence-electron chi connectivity index (χ1n) is 14.5. The first kappa shape index (κ1) is 31.1. The van der Waals surface area contributed by atoms with Gasteiger partial charge in [0.05, 0.1) is 11.4 Å². The second kappa shape index (κ2) is 11.9. The fraction of sp³-hybridized carbons (Fsp3) is 0.594. The summed E-state index contributed by atoms with van der Waals surface area (Å²) in [5, 5.41) is 33.9. The van der Waals surface area contributed by atoms with Gasteiger partial charge in [0.1, 0.15) is 5.82 Å². The highest BCUT2D eigenvalue weighted by Gasteiger charge is 2.68. The Hall–Kier alpha value is -2.48. The molecule has 216 valence electrons. The fourth-order valence-corrected chi connectivity index (χ4v) is 6.63. The number of ketones is 1. The van der Waals surface area contributed by atoms with Crippen LogP contribution in [0.4, 0.5) is 15.8 Å². The smallest absolute Gasteiger partial charge is 0.297 e. The number of hydrogen-bond acceptors (Lipinski definition) is 6. The van der Waals surface area contributed by atoms with Crippen LogP contribution < -0.4 is 9.80 Å². The average molecular weight is 543 g/mol. The monoisotopic (exact) mass is 542 g/mol. The van der Waals surface area contributed by atoms with Crippen LogP contribution in [0.25, 0.3) is 0 Å². The Labute approximate surface area is 233 Å². The average Bonchev–Trinajstić information content (AvgIpc) is 3.15. The van der Waals surface area contributed by atoms with Crippen molar-refractivity contribution in [1.29, 1.82) is 0 Å². The number of rotatable bonds is 9. The Morgan fingerprint density at radius 3 is 2.18 bits per heavy atom. The number of carbonyl (C=O) groups is 1. The molecule has 2 aromatic carbocycles. The van der Waals surface area contributed by atoms with Gasteiger partial charge in [0.25, 0.3) is 5.91 Å². The summed E-state index contributed by atoms with van der Waals surface area (Å²) in [6, 6.07) is 11.7. The van der Waals surface area contributed by atoms with Gasteiger partial charge in [0.15, 0.2) is 5.78 Å². The van der Waals surface area contributed by atoms with Gasteiger partial charge in [0, 0.05) is 36.4 Å². The van der Waals surface area contributed by atoms with Crippen LogP contribution in [-0.4, -0.2) is 45.3 Å². The molecule has 6 nitrogen and oxygen atoms in total. The number of aliphatic hydroxyl groups is 3. The van der Waals surface area contributed by atoms with E-state index in [1.54, 1.807) is 19.2 Å². The number of nitrogens with zero attached hydrogens (tertiary/aromatic N) is 2. The maximum atomic E-state index is 12.5. The SMILES string of the molecule is CCCC1(C)[C@@H](CC)c2cccc3c2N1C(O)(C(C)C)C(O)(O)N3C.CCCCCC(=O)c1ccc(F)cc1.